The number of hydrogen-bond donors (Lipinski definition) is 1. The minimum absolute atomic E-state index is 0.0225. The molecule has 130 valence electrons. The summed E-state index contributed by atoms with van der Waals surface area (Å²) in [5.41, 5.74) is 2.26. The van der Waals surface area contributed by atoms with Crippen molar-refractivity contribution >= 4 is 22.4 Å². The monoisotopic (exact) mass is 347 g/mol. The lowest BCUT2D eigenvalue weighted by Crippen LogP contribution is -2.13. The molecule has 2 rings (SSSR count). The fourth-order valence-electron chi connectivity index (χ4n) is 2.19. The molecular formula is C18H25N3O2S. The van der Waals surface area contributed by atoms with Crippen LogP contribution < -0.4 is 10.1 Å². The van der Waals surface area contributed by atoms with E-state index in [1.165, 1.54) is 16.9 Å². The molecule has 1 aromatic heterocycles. The van der Waals surface area contributed by atoms with Gasteiger partial charge in [-0.1, -0.05) is 19.1 Å². The minimum Gasteiger partial charge on any atom is -0.494 e. The molecule has 6 heteroatoms. The molecule has 1 aromatic carbocycles. The summed E-state index contributed by atoms with van der Waals surface area (Å²) >= 11 is 1.46. The van der Waals surface area contributed by atoms with Crippen molar-refractivity contribution in [3.8, 4) is 5.75 Å². The molecule has 0 aliphatic heterocycles. The number of rotatable bonds is 9. The number of amides is 1. The van der Waals surface area contributed by atoms with Crippen molar-refractivity contribution in [3.05, 3.63) is 40.9 Å². The highest BCUT2D eigenvalue weighted by molar-refractivity contribution is 7.13. The third kappa shape index (κ3) is 6.29. The summed E-state index contributed by atoms with van der Waals surface area (Å²) in [7, 11) is 3.99. The van der Waals surface area contributed by atoms with E-state index in [9.17, 15) is 4.79 Å². The van der Waals surface area contributed by atoms with Gasteiger partial charge in [-0.3, -0.25) is 4.79 Å². The number of carbonyl (C=O) groups is 1. The Balaban J connectivity index is 1.66. The van der Waals surface area contributed by atoms with Gasteiger partial charge in [-0.2, -0.15) is 0 Å². The van der Waals surface area contributed by atoms with Crippen molar-refractivity contribution in [2.24, 2.45) is 0 Å². The van der Waals surface area contributed by atoms with E-state index in [1.807, 2.05) is 36.5 Å². The molecule has 0 aliphatic rings. The summed E-state index contributed by atoms with van der Waals surface area (Å²) in [4.78, 5) is 18.4. The first kappa shape index (κ1) is 18.4. The molecule has 5 nitrogen and oxygen atoms in total. The number of benzene rings is 1. The van der Waals surface area contributed by atoms with Gasteiger partial charge in [0.25, 0.3) is 0 Å². The van der Waals surface area contributed by atoms with Crippen LogP contribution in [0.5, 0.6) is 5.75 Å². The molecule has 0 saturated heterocycles. The van der Waals surface area contributed by atoms with E-state index in [0.717, 1.165) is 24.4 Å². The Morgan fingerprint density at radius 2 is 2.04 bits per heavy atom. The zero-order chi connectivity index (χ0) is 17.4. The van der Waals surface area contributed by atoms with Gasteiger partial charge in [0, 0.05) is 18.3 Å². The maximum absolute atomic E-state index is 11.9. The van der Waals surface area contributed by atoms with Crippen molar-refractivity contribution in [2.45, 2.75) is 32.7 Å². The molecule has 24 heavy (non-hydrogen) atoms. The topological polar surface area (TPSA) is 54.5 Å². The molecule has 1 heterocycles. The van der Waals surface area contributed by atoms with E-state index >= 15 is 0 Å². The van der Waals surface area contributed by atoms with Gasteiger partial charge in [0.1, 0.15) is 5.75 Å². The lowest BCUT2D eigenvalue weighted by molar-refractivity contribution is -0.116. The normalized spacial score (nSPS) is 10.8. The van der Waals surface area contributed by atoms with Crippen molar-refractivity contribution in [1.29, 1.82) is 0 Å². The molecule has 0 unspecified atom stereocenters. The largest absolute Gasteiger partial charge is 0.494 e. The number of aromatic nitrogens is 1. The van der Waals surface area contributed by atoms with Crippen molar-refractivity contribution < 1.29 is 9.53 Å². The molecule has 0 saturated carbocycles. The van der Waals surface area contributed by atoms with Crippen LogP contribution in [0.1, 0.15) is 31.0 Å². The highest BCUT2D eigenvalue weighted by atomic mass is 32.1. The lowest BCUT2D eigenvalue weighted by Gasteiger charge is -2.07. The molecule has 0 spiro atoms. The van der Waals surface area contributed by atoms with Crippen LogP contribution >= 0.6 is 11.3 Å². The molecule has 0 fully saturated rings. The van der Waals surface area contributed by atoms with Gasteiger partial charge in [-0.05, 0) is 44.6 Å². The van der Waals surface area contributed by atoms with E-state index in [4.69, 9.17) is 4.74 Å². The van der Waals surface area contributed by atoms with Crippen LogP contribution in [-0.2, 0) is 17.8 Å². The third-order valence-corrected chi connectivity index (χ3v) is 4.23. The van der Waals surface area contributed by atoms with Gasteiger partial charge in [0.2, 0.25) is 5.91 Å². The Morgan fingerprint density at radius 1 is 1.29 bits per heavy atom. The highest BCUT2D eigenvalue weighted by Gasteiger charge is 2.07. The number of nitrogens with one attached hydrogen (secondary N) is 1. The average molecular weight is 347 g/mol. The quantitative estimate of drug-likeness (QED) is 0.705. The van der Waals surface area contributed by atoms with Gasteiger partial charge in [0.05, 0.1) is 12.3 Å². The summed E-state index contributed by atoms with van der Waals surface area (Å²) in [6.07, 6.45) is 2.13. The van der Waals surface area contributed by atoms with Crippen molar-refractivity contribution in [2.75, 3.05) is 26.0 Å². The van der Waals surface area contributed by atoms with Crippen LogP contribution in [0.15, 0.2) is 29.6 Å². The Kier molecular flexibility index (Phi) is 7.21. The van der Waals surface area contributed by atoms with Gasteiger partial charge in [0.15, 0.2) is 5.13 Å². The second-order valence-corrected chi connectivity index (χ2v) is 6.74. The number of aryl methyl sites for hydroxylation is 1. The van der Waals surface area contributed by atoms with Crippen LogP contribution in [-0.4, -0.2) is 36.5 Å². The number of anilines is 1. The molecule has 2 aromatic rings. The van der Waals surface area contributed by atoms with Crippen LogP contribution in [0.2, 0.25) is 0 Å². The summed E-state index contributed by atoms with van der Waals surface area (Å²) in [5.74, 6) is 0.826. The zero-order valence-electron chi connectivity index (χ0n) is 14.5. The average Bonchev–Trinajstić information content (AvgIpc) is 2.98. The molecule has 0 bridgehead atoms. The second kappa shape index (κ2) is 9.39. The standard InChI is InChI=1S/C18H25N3O2S/c1-4-14-7-9-16(10-8-14)23-11-5-6-17(22)20-18-19-15(13-24-18)12-21(2)3/h7-10,13H,4-6,11-12H2,1-3H3,(H,19,20,22). The van der Waals surface area contributed by atoms with Gasteiger partial charge in [-0.15, -0.1) is 11.3 Å². The number of carbonyl (C=O) groups excluding carboxylic acids is 1. The maximum Gasteiger partial charge on any atom is 0.226 e. The first-order valence-corrected chi connectivity index (χ1v) is 9.05. The molecule has 0 radical (unpaired) electrons. The Morgan fingerprint density at radius 3 is 2.71 bits per heavy atom. The Bertz CT molecular complexity index is 638. The molecule has 0 atom stereocenters. The molecule has 1 N–H and O–H groups in total. The maximum atomic E-state index is 11.9. The molecular weight excluding hydrogens is 322 g/mol. The summed E-state index contributed by atoms with van der Waals surface area (Å²) in [5, 5.41) is 5.47. The molecule has 1 amide bonds. The fourth-order valence-corrected chi connectivity index (χ4v) is 2.90. The summed E-state index contributed by atoms with van der Waals surface area (Å²) < 4.78 is 5.66. The van der Waals surface area contributed by atoms with Crippen LogP contribution in [0.3, 0.4) is 0 Å². The van der Waals surface area contributed by atoms with Gasteiger partial charge in [-0.25, -0.2) is 4.98 Å². The third-order valence-electron chi connectivity index (χ3n) is 3.42. The van der Waals surface area contributed by atoms with Gasteiger partial charge < -0.3 is 15.0 Å². The highest BCUT2D eigenvalue weighted by Crippen LogP contribution is 2.17. The van der Waals surface area contributed by atoms with E-state index in [2.05, 4.69) is 29.4 Å². The predicted molar refractivity (Wildman–Crippen MR) is 98.7 cm³/mol. The van der Waals surface area contributed by atoms with E-state index in [-0.39, 0.29) is 5.91 Å². The zero-order valence-corrected chi connectivity index (χ0v) is 15.4. The number of hydrogen-bond acceptors (Lipinski definition) is 5. The lowest BCUT2D eigenvalue weighted by atomic mass is 10.2. The van der Waals surface area contributed by atoms with E-state index in [1.54, 1.807) is 0 Å². The smallest absolute Gasteiger partial charge is 0.226 e. The van der Waals surface area contributed by atoms with Crippen LogP contribution in [0.4, 0.5) is 5.13 Å². The first-order valence-electron chi connectivity index (χ1n) is 8.17. The van der Waals surface area contributed by atoms with E-state index in [0.29, 0.717) is 24.6 Å². The predicted octanol–water partition coefficient (Wildman–Crippen LogP) is 3.56. The summed E-state index contributed by atoms with van der Waals surface area (Å²) in [6, 6.07) is 8.08. The van der Waals surface area contributed by atoms with Gasteiger partial charge >= 0.3 is 0 Å². The van der Waals surface area contributed by atoms with E-state index < -0.39 is 0 Å². The SMILES string of the molecule is CCc1ccc(OCCCC(=O)Nc2nc(CN(C)C)cs2)cc1. The first-order chi connectivity index (χ1) is 11.6. The Hall–Kier alpha value is -1.92. The Labute approximate surface area is 147 Å². The van der Waals surface area contributed by atoms with Crippen molar-refractivity contribution in [3.63, 3.8) is 0 Å². The number of ether oxygens (including phenoxy) is 1. The number of nitrogens with zero attached hydrogens (tertiary/aromatic N) is 2. The van der Waals surface area contributed by atoms with Crippen LogP contribution in [0, 0.1) is 0 Å². The fraction of sp³-hybridized carbons (Fsp3) is 0.444. The second-order valence-electron chi connectivity index (χ2n) is 5.88. The van der Waals surface area contributed by atoms with Crippen LogP contribution in [0.25, 0.3) is 0 Å². The molecule has 0 aliphatic carbocycles. The minimum atomic E-state index is -0.0225. The summed E-state index contributed by atoms with van der Waals surface area (Å²) in [6.45, 7) is 3.43. The number of thiazole rings is 1. The van der Waals surface area contributed by atoms with Crippen molar-refractivity contribution in [1.82, 2.24) is 9.88 Å².